The van der Waals surface area contributed by atoms with Gasteiger partial charge in [0.1, 0.15) is 5.82 Å². The Bertz CT molecular complexity index is 959. The van der Waals surface area contributed by atoms with Crippen molar-refractivity contribution in [2.75, 3.05) is 6.61 Å². The number of amides is 1. The van der Waals surface area contributed by atoms with E-state index in [-0.39, 0.29) is 24.0 Å². The van der Waals surface area contributed by atoms with E-state index in [0.29, 0.717) is 6.07 Å². The van der Waals surface area contributed by atoms with Gasteiger partial charge in [-0.3, -0.25) is 14.9 Å². The number of ether oxygens (including phenoxy) is 1. The molecule has 1 aliphatic rings. The number of nitrogens with zero attached hydrogens (tertiary/aromatic N) is 2. The summed E-state index contributed by atoms with van der Waals surface area (Å²) in [5.74, 6) is -2.89. The number of esters is 1. The molecule has 1 aliphatic carbocycles. The van der Waals surface area contributed by atoms with E-state index in [2.05, 4.69) is 0 Å². The summed E-state index contributed by atoms with van der Waals surface area (Å²) < 4.78 is 32.0. The fourth-order valence-electron chi connectivity index (χ4n) is 3.68. The molecule has 164 valence electrons. The molecule has 0 atom stereocenters. The minimum Gasteiger partial charge on any atom is -0.452 e. The summed E-state index contributed by atoms with van der Waals surface area (Å²) >= 11 is 0. The fraction of sp³-hybridized carbons (Fsp3) is 0.364. The first-order valence-electron chi connectivity index (χ1n) is 10.00. The van der Waals surface area contributed by atoms with Crippen LogP contribution in [0.5, 0.6) is 0 Å². The second-order valence-electron chi connectivity index (χ2n) is 7.44. The Morgan fingerprint density at radius 3 is 2.35 bits per heavy atom. The van der Waals surface area contributed by atoms with Crippen molar-refractivity contribution in [2.45, 2.75) is 44.7 Å². The van der Waals surface area contributed by atoms with E-state index in [4.69, 9.17) is 4.74 Å². The highest BCUT2D eigenvalue weighted by atomic mass is 19.1. The van der Waals surface area contributed by atoms with Gasteiger partial charge in [0, 0.05) is 18.7 Å². The number of carbonyl (C=O) groups excluding carboxylic acids is 2. The largest absolute Gasteiger partial charge is 0.452 e. The molecule has 7 nitrogen and oxygen atoms in total. The van der Waals surface area contributed by atoms with Gasteiger partial charge < -0.3 is 9.64 Å². The topological polar surface area (TPSA) is 89.8 Å². The zero-order valence-corrected chi connectivity index (χ0v) is 16.8. The number of hydrogen-bond donors (Lipinski definition) is 0. The molecule has 0 spiro atoms. The minimum absolute atomic E-state index is 0.0122. The Morgan fingerprint density at radius 1 is 1.06 bits per heavy atom. The van der Waals surface area contributed by atoms with Gasteiger partial charge in [-0.2, -0.15) is 4.39 Å². The summed E-state index contributed by atoms with van der Waals surface area (Å²) in [4.78, 5) is 36.5. The molecule has 1 amide bonds. The van der Waals surface area contributed by atoms with Gasteiger partial charge in [0.25, 0.3) is 5.91 Å². The minimum atomic E-state index is -1.16. The number of hydrogen-bond acceptors (Lipinski definition) is 5. The number of rotatable bonds is 7. The van der Waals surface area contributed by atoms with Gasteiger partial charge in [-0.1, -0.05) is 31.4 Å². The zero-order chi connectivity index (χ0) is 22.4. The molecule has 2 aromatic rings. The third kappa shape index (κ3) is 5.84. The molecule has 3 rings (SSSR count). The molecule has 1 saturated carbocycles. The lowest BCUT2D eigenvalue weighted by Crippen LogP contribution is -2.43. The Kier molecular flexibility index (Phi) is 7.28. The summed E-state index contributed by atoms with van der Waals surface area (Å²) in [6, 6.07) is 8.49. The normalized spacial score (nSPS) is 14.1. The monoisotopic (exact) mass is 432 g/mol. The lowest BCUT2D eigenvalue weighted by atomic mass is 9.93. The standard InChI is InChI=1S/C22H22F2N2O5/c23-17-9-6-15(7-10-17)13-25(18-4-2-1-3-5-18)21(27)14-31-22(28)16-8-11-20(26(29)30)19(24)12-16/h6-12,18H,1-5,13-14H2. The molecule has 9 heteroatoms. The van der Waals surface area contributed by atoms with Gasteiger partial charge in [-0.25, -0.2) is 9.18 Å². The summed E-state index contributed by atoms with van der Waals surface area (Å²) in [5, 5.41) is 10.7. The number of benzene rings is 2. The number of nitro groups is 1. The Balaban J connectivity index is 1.67. The second kappa shape index (κ2) is 10.1. The molecule has 2 aromatic carbocycles. The molecule has 0 unspecified atom stereocenters. The SMILES string of the molecule is O=C(OCC(=O)N(Cc1ccc(F)cc1)C1CCCCC1)c1ccc([N+](=O)[O-])c(F)c1. The molecular weight excluding hydrogens is 410 g/mol. The van der Waals surface area contributed by atoms with Gasteiger partial charge in [0.15, 0.2) is 6.61 Å². The van der Waals surface area contributed by atoms with Crippen molar-refractivity contribution >= 4 is 17.6 Å². The van der Waals surface area contributed by atoms with Crippen LogP contribution in [-0.4, -0.2) is 34.3 Å². The van der Waals surface area contributed by atoms with E-state index in [9.17, 15) is 28.5 Å². The van der Waals surface area contributed by atoms with Crippen molar-refractivity contribution < 1.29 is 28.0 Å². The summed E-state index contributed by atoms with van der Waals surface area (Å²) in [7, 11) is 0. The van der Waals surface area contributed by atoms with E-state index in [1.54, 1.807) is 17.0 Å². The van der Waals surface area contributed by atoms with E-state index in [0.717, 1.165) is 49.8 Å². The van der Waals surface area contributed by atoms with Crippen LogP contribution in [0.15, 0.2) is 42.5 Å². The van der Waals surface area contributed by atoms with E-state index >= 15 is 0 Å². The Labute approximate surface area is 177 Å². The van der Waals surface area contributed by atoms with Gasteiger partial charge in [0.2, 0.25) is 5.82 Å². The molecule has 0 saturated heterocycles. The molecule has 31 heavy (non-hydrogen) atoms. The van der Waals surface area contributed by atoms with Crippen LogP contribution in [0, 0.1) is 21.7 Å². The zero-order valence-electron chi connectivity index (χ0n) is 16.8. The average Bonchev–Trinajstić information content (AvgIpc) is 2.77. The fourth-order valence-corrected chi connectivity index (χ4v) is 3.68. The molecule has 0 heterocycles. The maximum atomic E-state index is 13.8. The van der Waals surface area contributed by atoms with Crippen molar-refractivity contribution in [3.8, 4) is 0 Å². The first-order chi connectivity index (χ1) is 14.8. The molecule has 1 fully saturated rings. The second-order valence-corrected chi connectivity index (χ2v) is 7.44. The van der Waals surface area contributed by atoms with Crippen LogP contribution in [0.4, 0.5) is 14.5 Å². The predicted octanol–water partition coefficient (Wildman–Crippen LogP) is 4.39. The molecular formula is C22H22F2N2O5. The maximum absolute atomic E-state index is 13.8. The van der Waals surface area contributed by atoms with Crippen LogP contribution >= 0.6 is 0 Å². The first kappa shape index (κ1) is 22.3. The molecule has 0 radical (unpaired) electrons. The van der Waals surface area contributed by atoms with Crippen LogP contribution in [0.2, 0.25) is 0 Å². The lowest BCUT2D eigenvalue weighted by Gasteiger charge is -2.34. The number of halogens is 2. The van der Waals surface area contributed by atoms with Crippen LogP contribution in [0.1, 0.15) is 48.0 Å². The van der Waals surface area contributed by atoms with Gasteiger partial charge in [-0.05, 0) is 42.7 Å². The molecule has 0 aromatic heterocycles. The van der Waals surface area contributed by atoms with E-state index in [1.165, 1.54) is 12.1 Å². The third-order valence-corrected chi connectivity index (χ3v) is 5.31. The number of nitro benzene ring substituents is 1. The average molecular weight is 432 g/mol. The molecule has 0 bridgehead atoms. The highest BCUT2D eigenvalue weighted by Crippen LogP contribution is 2.25. The predicted molar refractivity (Wildman–Crippen MR) is 107 cm³/mol. The van der Waals surface area contributed by atoms with Gasteiger partial charge in [-0.15, -0.1) is 0 Å². The van der Waals surface area contributed by atoms with Crippen molar-refractivity contribution in [3.05, 3.63) is 75.3 Å². The van der Waals surface area contributed by atoms with Crippen LogP contribution in [0.25, 0.3) is 0 Å². The van der Waals surface area contributed by atoms with Crippen molar-refractivity contribution in [1.29, 1.82) is 0 Å². The van der Waals surface area contributed by atoms with Crippen LogP contribution < -0.4 is 0 Å². The van der Waals surface area contributed by atoms with Crippen molar-refractivity contribution in [3.63, 3.8) is 0 Å². The van der Waals surface area contributed by atoms with Crippen LogP contribution in [0.3, 0.4) is 0 Å². The van der Waals surface area contributed by atoms with Gasteiger partial charge in [0.05, 0.1) is 10.5 Å². The maximum Gasteiger partial charge on any atom is 0.338 e. The summed E-state index contributed by atoms with van der Waals surface area (Å²) in [6.07, 6.45) is 4.72. The lowest BCUT2D eigenvalue weighted by molar-refractivity contribution is -0.387. The quantitative estimate of drug-likeness (QED) is 0.368. The van der Waals surface area contributed by atoms with Crippen molar-refractivity contribution in [1.82, 2.24) is 4.90 Å². The van der Waals surface area contributed by atoms with Crippen molar-refractivity contribution in [2.24, 2.45) is 0 Å². The smallest absolute Gasteiger partial charge is 0.338 e. The van der Waals surface area contributed by atoms with E-state index in [1.807, 2.05) is 0 Å². The molecule has 0 aliphatic heterocycles. The van der Waals surface area contributed by atoms with E-state index < -0.39 is 34.9 Å². The summed E-state index contributed by atoms with van der Waals surface area (Å²) in [5.41, 5.74) is -0.224. The Morgan fingerprint density at radius 2 is 1.74 bits per heavy atom. The third-order valence-electron chi connectivity index (χ3n) is 5.31. The van der Waals surface area contributed by atoms with Crippen LogP contribution in [-0.2, 0) is 16.1 Å². The highest BCUT2D eigenvalue weighted by Gasteiger charge is 2.27. The van der Waals surface area contributed by atoms with Gasteiger partial charge >= 0.3 is 11.7 Å². The number of carbonyl (C=O) groups is 2. The summed E-state index contributed by atoms with van der Waals surface area (Å²) in [6.45, 7) is -0.289. The highest BCUT2D eigenvalue weighted by molar-refractivity contribution is 5.91. The molecule has 0 N–H and O–H groups in total. The Hall–Kier alpha value is -3.36. The first-order valence-corrected chi connectivity index (χ1v) is 10.00.